The predicted molar refractivity (Wildman–Crippen MR) is 46.6 cm³/mol. The molecule has 1 aromatic rings. The lowest BCUT2D eigenvalue weighted by molar-refractivity contribution is -0.136. The van der Waals surface area contributed by atoms with E-state index in [4.69, 9.17) is 16.6 Å². The third-order valence-corrected chi connectivity index (χ3v) is 1.51. The first-order valence-electron chi connectivity index (χ1n) is 3.45. The lowest BCUT2D eigenvalue weighted by Gasteiger charge is -2.01. The van der Waals surface area contributed by atoms with Crippen LogP contribution in [-0.2, 0) is 11.2 Å². The zero-order valence-corrected chi connectivity index (χ0v) is 6.45. The molecule has 0 amide bonds. The van der Waals surface area contributed by atoms with Gasteiger partial charge in [-0.3, -0.25) is 4.79 Å². The predicted octanol–water partition coefficient (Wildman–Crippen LogP) is 0.478. The lowest BCUT2D eigenvalue weighted by Crippen LogP contribution is -2.02. The van der Waals surface area contributed by atoms with Crippen LogP contribution < -0.4 is 11.5 Å². The van der Waals surface area contributed by atoms with Crippen molar-refractivity contribution in [2.45, 2.75) is 6.42 Å². The minimum atomic E-state index is -0.876. The summed E-state index contributed by atoms with van der Waals surface area (Å²) in [4.78, 5) is 10.3. The largest absolute Gasteiger partial charge is 0.481 e. The maximum Gasteiger partial charge on any atom is 0.307 e. The molecule has 12 heavy (non-hydrogen) atoms. The van der Waals surface area contributed by atoms with Crippen LogP contribution in [0.4, 0.5) is 11.4 Å². The van der Waals surface area contributed by atoms with E-state index in [1.807, 2.05) is 0 Å². The quantitative estimate of drug-likeness (QED) is 0.557. The molecule has 0 bridgehead atoms. The van der Waals surface area contributed by atoms with Gasteiger partial charge in [0.05, 0.1) is 17.8 Å². The summed E-state index contributed by atoms with van der Waals surface area (Å²) in [5.74, 6) is -0.876. The highest BCUT2D eigenvalue weighted by Crippen LogP contribution is 2.16. The fraction of sp³-hybridized carbons (Fsp3) is 0.125. The van der Waals surface area contributed by atoms with E-state index >= 15 is 0 Å². The molecule has 0 aliphatic rings. The van der Waals surface area contributed by atoms with Gasteiger partial charge in [-0.25, -0.2) is 0 Å². The summed E-state index contributed by atoms with van der Waals surface area (Å²) < 4.78 is 0. The summed E-state index contributed by atoms with van der Waals surface area (Å²) in [5.41, 5.74) is 12.5. The number of carbonyl (C=O) groups is 1. The van der Waals surface area contributed by atoms with Gasteiger partial charge in [-0.2, -0.15) is 0 Å². The number of aliphatic carboxylic acids is 1. The van der Waals surface area contributed by atoms with Gasteiger partial charge >= 0.3 is 5.97 Å². The summed E-state index contributed by atoms with van der Waals surface area (Å²) in [6.45, 7) is 0. The Bertz CT molecular complexity index is 310. The van der Waals surface area contributed by atoms with Crippen LogP contribution in [0.25, 0.3) is 0 Å². The molecule has 0 radical (unpaired) electrons. The van der Waals surface area contributed by atoms with E-state index < -0.39 is 5.97 Å². The Morgan fingerprint density at radius 1 is 1.33 bits per heavy atom. The smallest absolute Gasteiger partial charge is 0.307 e. The third-order valence-electron chi connectivity index (χ3n) is 1.51. The second kappa shape index (κ2) is 3.13. The van der Waals surface area contributed by atoms with Gasteiger partial charge in [0.2, 0.25) is 0 Å². The van der Waals surface area contributed by atoms with E-state index in [2.05, 4.69) is 0 Å². The monoisotopic (exact) mass is 166 g/mol. The average Bonchev–Trinajstić information content (AvgIpc) is 1.96. The molecule has 0 heterocycles. The Morgan fingerprint density at radius 3 is 2.50 bits per heavy atom. The first-order chi connectivity index (χ1) is 5.59. The van der Waals surface area contributed by atoms with E-state index in [-0.39, 0.29) is 6.42 Å². The summed E-state index contributed by atoms with van der Waals surface area (Å²) in [6, 6.07) is 4.83. The maximum atomic E-state index is 10.3. The molecule has 0 aromatic heterocycles. The van der Waals surface area contributed by atoms with Crippen molar-refractivity contribution in [3.63, 3.8) is 0 Å². The molecule has 1 rings (SSSR count). The van der Waals surface area contributed by atoms with Gasteiger partial charge in [0.1, 0.15) is 0 Å². The van der Waals surface area contributed by atoms with Crippen LogP contribution >= 0.6 is 0 Å². The zero-order valence-electron chi connectivity index (χ0n) is 6.45. The molecule has 0 saturated carbocycles. The van der Waals surface area contributed by atoms with Gasteiger partial charge in [0.15, 0.2) is 0 Å². The molecule has 0 aliphatic heterocycles. The molecule has 4 heteroatoms. The molecule has 0 atom stereocenters. The fourth-order valence-electron chi connectivity index (χ4n) is 0.909. The third kappa shape index (κ3) is 1.88. The maximum absolute atomic E-state index is 10.3. The van der Waals surface area contributed by atoms with Gasteiger partial charge in [-0.05, 0) is 17.7 Å². The van der Waals surface area contributed by atoms with Crippen LogP contribution in [0, 0.1) is 0 Å². The summed E-state index contributed by atoms with van der Waals surface area (Å²) >= 11 is 0. The topological polar surface area (TPSA) is 89.3 Å². The Labute approximate surface area is 69.8 Å². The van der Waals surface area contributed by atoms with E-state index in [0.29, 0.717) is 16.9 Å². The molecule has 0 aliphatic carbocycles. The number of anilines is 2. The van der Waals surface area contributed by atoms with Crippen LogP contribution in [0.15, 0.2) is 18.2 Å². The van der Waals surface area contributed by atoms with Crippen molar-refractivity contribution < 1.29 is 9.90 Å². The van der Waals surface area contributed by atoms with E-state index in [1.54, 1.807) is 18.2 Å². The van der Waals surface area contributed by atoms with Crippen molar-refractivity contribution in [3.05, 3.63) is 23.8 Å². The van der Waals surface area contributed by atoms with Gasteiger partial charge in [0, 0.05) is 0 Å². The Morgan fingerprint density at radius 2 is 2.00 bits per heavy atom. The Balaban J connectivity index is 2.89. The SMILES string of the molecule is Nc1ccc(CC(=O)O)cc1N. The Kier molecular flexibility index (Phi) is 2.19. The number of carboxylic acids is 1. The van der Waals surface area contributed by atoms with E-state index in [9.17, 15) is 4.79 Å². The standard InChI is InChI=1S/C8H10N2O2/c9-6-2-1-5(3-7(6)10)4-8(11)12/h1-3H,4,9-10H2,(H,11,12). The number of benzene rings is 1. The van der Waals surface area contributed by atoms with Crippen molar-refractivity contribution in [1.82, 2.24) is 0 Å². The Hall–Kier alpha value is -1.71. The van der Waals surface area contributed by atoms with Crippen molar-refractivity contribution in [3.8, 4) is 0 Å². The second-order valence-electron chi connectivity index (χ2n) is 2.53. The number of carboxylic acid groups (broad SMARTS) is 1. The summed E-state index contributed by atoms with van der Waals surface area (Å²) in [7, 11) is 0. The van der Waals surface area contributed by atoms with Crippen molar-refractivity contribution in [2.75, 3.05) is 11.5 Å². The normalized spacial score (nSPS) is 9.67. The molecule has 64 valence electrons. The molecule has 0 fully saturated rings. The molecule has 0 unspecified atom stereocenters. The minimum Gasteiger partial charge on any atom is -0.481 e. The van der Waals surface area contributed by atoms with E-state index in [0.717, 1.165) is 0 Å². The molecule has 0 saturated heterocycles. The van der Waals surface area contributed by atoms with Crippen LogP contribution in [0.5, 0.6) is 0 Å². The van der Waals surface area contributed by atoms with Crippen LogP contribution in [0.3, 0.4) is 0 Å². The molecule has 4 nitrogen and oxygen atoms in total. The number of hydrogen-bond acceptors (Lipinski definition) is 3. The fourth-order valence-corrected chi connectivity index (χ4v) is 0.909. The first-order valence-corrected chi connectivity index (χ1v) is 3.45. The second-order valence-corrected chi connectivity index (χ2v) is 2.53. The van der Waals surface area contributed by atoms with Crippen molar-refractivity contribution in [1.29, 1.82) is 0 Å². The van der Waals surface area contributed by atoms with Gasteiger partial charge < -0.3 is 16.6 Å². The summed E-state index contributed by atoms with van der Waals surface area (Å²) in [6.07, 6.45) is -0.0233. The first kappa shape index (κ1) is 8.39. The molecular formula is C8H10N2O2. The highest BCUT2D eigenvalue weighted by Gasteiger charge is 2.01. The van der Waals surface area contributed by atoms with Crippen molar-refractivity contribution in [2.24, 2.45) is 0 Å². The molecule has 5 N–H and O–H groups in total. The molecular weight excluding hydrogens is 156 g/mol. The van der Waals surface area contributed by atoms with Crippen LogP contribution in [-0.4, -0.2) is 11.1 Å². The number of rotatable bonds is 2. The average molecular weight is 166 g/mol. The zero-order chi connectivity index (χ0) is 9.14. The van der Waals surface area contributed by atoms with Crippen molar-refractivity contribution >= 4 is 17.3 Å². The molecule has 0 spiro atoms. The number of nitrogens with two attached hydrogens (primary N) is 2. The van der Waals surface area contributed by atoms with Gasteiger partial charge in [-0.15, -0.1) is 0 Å². The van der Waals surface area contributed by atoms with Crippen LogP contribution in [0.2, 0.25) is 0 Å². The highest BCUT2D eigenvalue weighted by molar-refractivity contribution is 5.72. The highest BCUT2D eigenvalue weighted by atomic mass is 16.4. The molecule has 1 aromatic carbocycles. The van der Waals surface area contributed by atoms with Crippen LogP contribution in [0.1, 0.15) is 5.56 Å². The number of hydrogen-bond donors (Lipinski definition) is 3. The van der Waals surface area contributed by atoms with Gasteiger partial charge in [0.25, 0.3) is 0 Å². The lowest BCUT2D eigenvalue weighted by atomic mass is 10.1. The van der Waals surface area contributed by atoms with Gasteiger partial charge in [-0.1, -0.05) is 6.07 Å². The van der Waals surface area contributed by atoms with E-state index in [1.165, 1.54) is 0 Å². The number of nitrogen functional groups attached to an aromatic ring is 2. The summed E-state index contributed by atoms with van der Waals surface area (Å²) in [5, 5.41) is 8.46. The minimum absolute atomic E-state index is 0.0233.